The molecule has 0 radical (unpaired) electrons. The van der Waals surface area contributed by atoms with Crippen LogP contribution in [0.25, 0.3) is 0 Å². The van der Waals surface area contributed by atoms with Gasteiger partial charge in [-0.1, -0.05) is 13.8 Å². The molecule has 0 bridgehead atoms. The number of hydrogen-bond donors (Lipinski definition) is 0. The van der Waals surface area contributed by atoms with Crippen molar-refractivity contribution in [3.63, 3.8) is 0 Å². The first-order chi connectivity index (χ1) is 8.74. The van der Waals surface area contributed by atoms with Crippen molar-refractivity contribution in [2.75, 3.05) is 19.6 Å². The van der Waals surface area contributed by atoms with Crippen molar-refractivity contribution in [2.45, 2.75) is 46.1 Å². The Morgan fingerprint density at radius 2 is 1.89 bits per heavy atom. The highest BCUT2D eigenvalue weighted by Crippen LogP contribution is 2.21. The highest BCUT2D eigenvalue weighted by atomic mass is 16.1. The molecular formula is C15H24N2O. The number of hydrogen-bond acceptors (Lipinski definition) is 2. The summed E-state index contributed by atoms with van der Waals surface area (Å²) in [6.45, 7) is 8.62. The van der Waals surface area contributed by atoms with Crippen molar-refractivity contribution in [2.24, 2.45) is 0 Å². The summed E-state index contributed by atoms with van der Waals surface area (Å²) in [7, 11) is 0. The first-order valence-electron chi connectivity index (χ1n) is 7.18. The fourth-order valence-corrected chi connectivity index (χ4v) is 2.67. The molecular weight excluding hydrogens is 224 g/mol. The summed E-state index contributed by atoms with van der Waals surface area (Å²) in [5.74, 6) is 0.337. The number of carbonyl (C=O) groups is 1. The number of aryl methyl sites for hydroxylation is 1. The Balaban J connectivity index is 2.03. The molecule has 100 valence electrons. The van der Waals surface area contributed by atoms with E-state index in [-0.39, 0.29) is 0 Å². The monoisotopic (exact) mass is 248 g/mol. The van der Waals surface area contributed by atoms with Gasteiger partial charge in [0.25, 0.3) is 0 Å². The fraction of sp³-hybridized carbons (Fsp3) is 0.667. The lowest BCUT2D eigenvalue weighted by molar-refractivity contribution is 0.0982. The molecule has 0 unspecified atom stereocenters. The van der Waals surface area contributed by atoms with E-state index in [9.17, 15) is 4.79 Å². The van der Waals surface area contributed by atoms with Gasteiger partial charge in [-0.3, -0.25) is 4.79 Å². The average Bonchev–Trinajstić information content (AvgIpc) is 2.71. The minimum Gasteiger partial charge on any atom is -0.352 e. The molecule has 1 aliphatic carbocycles. The molecule has 1 heterocycles. The average molecular weight is 248 g/mol. The van der Waals surface area contributed by atoms with Gasteiger partial charge in [-0.15, -0.1) is 0 Å². The molecule has 0 saturated carbocycles. The van der Waals surface area contributed by atoms with E-state index in [0.29, 0.717) is 5.78 Å². The van der Waals surface area contributed by atoms with E-state index in [1.54, 1.807) is 0 Å². The van der Waals surface area contributed by atoms with Gasteiger partial charge in [-0.25, -0.2) is 0 Å². The standard InChI is InChI=1S/C15H24N2O/c1-3-16(4-2)9-10-17-11-13-7-5-6-8-15(18)14(13)12-17/h11-12H,3-10H2,1-2H3. The molecule has 0 amide bonds. The van der Waals surface area contributed by atoms with Crippen LogP contribution < -0.4 is 0 Å². The van der Waals surface area contributed by atoms with Crippen molar-refractivity contribution >= 4 is 5.78 Å². The van der Waals surface area contributed by atoms with Crippen LogP contribution in [0.2, 0.25) is 0 Å². The SMILES string of the molecule is CCN(CC)CCn1cc2c(c1)C(=O)CCCC2. The van der Waals surface area contributed by atoms with Gasteiger partial charge in [0, 0.05) is 37.5 Å². The van der Waals surface area contributed by atoms with Crippen LogP contribution in [-0.2, 0) is 13.0 Å². The number of aromatic nitrogens is 1. The molecule has 0 aromatic carbocycles. The Labute approximate surface area is 110 Å². The number of ketones is 1. The Hall–Kier alpha value is -1.09. The number of Topliss-reactive ketones (excluding diaryl/α,β-unsaturated/α-hetero) is 1. The van der Waals surface area contributed by atoms with E-state index in [4.69, 9.17) is 0 Å². The van der Waals surface area contributed by atoms with Crippen LogP contribution in [-0.4, -0.2) is 34.9 Å². The van der Waals surface area contributed by atoms with Crippen LogP contribution in [0, 0.1) is 0 Å². The first-order valence-corrected chi connectivity index (χ1v) is 7.18. The maximum atomic E-state index is 11.9. The summed E-state index contributed by atoms with van der Waals surface area (Å²) >= 11 is 0. The molecule has 3 heteroatoms. The van der Waals surface area contributed by atoms with Gasteiger partial charge in [0.1, 0.15) is 0 Å². The molecule has 0 N–H and O–H groups in total. The maximum Gasteiger partial charge on any atom is 0.164 e. The Morgan fingerprint density at radius 1 is 1.17 bits per heavy atom. The zero-order valence-corrected chi connectivity index (χ0v) is 11.6. The van der Waals surface area contributed by atoms with E-state index >= 15 is 0 Å². The molecule has 0 fully saturated rings. The summed E-state index contributed by atoms with van der Waals surface area (Å²) in [6, 6.07) is 0. The number of nitrogens with zero attached hydrogens (tertiary/aromatic N) is 2. The van der Waals surface area contributed by atoms with Gasteiger partial charge in [0.05, 0.1) is 0 Å². The predicted octanol–water partition coefficient (Wildman–Crippen LogP) is 2.74. The second-order valence-electron chi connectivity index (χ2n) is 5.09. The summed E-state index contributed by atoms with van der Waals surface area (Å²) in [5, 5.41) is 0. The maximum absolute atomic E-state index is 11.9. The van der Waals surface area contributed by atoms with Crippen LogP contribution in [0.3, 0.4) is 0 Å². The molecule has 0 aliphatic heterocycles. The van der Waals surface area contributed by atoms with Gasteiger partial charge in [-0.2, -0.15) is 0 Å². The van der Waals surface area contributed by atoms with Gasteiger partial charge < -0.3 is 9.47 Å². The van der Waals surface area contributed by atoms with Crippen LogP contribution in [0.4, 0.5) is 0 Å². The third kappa shape index (κ3) is 3.02. The largest absolute Gasteiger partial charge is 0.352 e. The molecule has 18 heavy (non-hydrogen) atoms. The van der Waals surface area contributed by atoms with Crippen LogP contribution >= 0.6 is 0 Å². The molecule has 1 aliphatic rings. The van der Waals surface area contributed by atoms with Crippen molar-refractivity contribution in [1.82, 2.24) is 9.47 Å². The number of carbonyl (C=O) groups excluding carboxylic acids is 1. The number of likely N-dealkylation sites (N-methyl/N-ethyl adjacent to an activating group) is 1. The molecule has 2 rings (SSSR count). The van der Waals surface area contributed by atoms with Gasteiger partial charge >= 0.3 is 0 Å². The quantitative estimate of drug-likeness (QED) is 0.749. The molecule has 0 saturated heterocycles. The van der Waals surface area contributed by atoms with E-state index < -0.39 is 0 Å². The summed E-state index contributed by atoms with van der Waals surface area (Å²) in [4.78, 5) is 14.4. The zero-order valence-electron chi connectivity index (χ0n) is 11.6. The van der Waals surface area contributed by atoms with E-state index in [1.807, 2.05) is 0 Å². The topological polar surface area (TPSA) is 25.2 Å². The van der Waals surface area contributed by atoms with Crippen LogP contribution in [0.5, 0.6) is 0 Å². The van der Waals surface area contributed by atoms with Gasteiger partial charge in [0.15, 0.2) is 5.78 Å². The lowest BCUT2D eigenvalue weighted by Gasteiger charge is -2.18. The lowest BCUT2D eigenvalue weighted by atomic mass is 10.1. The second kappa shape index (κ2) is 6.19. The summed E-state index contributed by atoms with van der Waals surface area (Å²) in [6.07, 6.45) is 8.24. The van der Waals surface area contributed by atoms with Crippen molar-refractivity contribution in [1.29, 1.82) is 0 Å². The number of rotatable bonds is 5. The smallest absolute Gasteiger partial charge is 0.164 e. The Morgan fingerprint density at radius 3 is 2.61 bits per heavy atom. The van der Waals surface area contributed by atoms with Crippen molar-refractivity contribution in [3.8, 4) is 0 Å². The third-order valence-electron chi connectivity index (χ3n) is 3.93. The zero-order chi connectivity index (χ0) is 13.0. The molecule has 1 aromatic heterocycles. The van der Waals surface area contributed by atoms with Crippen LogP contribution in [0.15, 0.2) is 12.4 Å². The lowest BCUT2D eigenvalue weighted by Crippen LogP contribution is -2.26. The van der Waals surface area contributed by atoms with Crippen LogP contribution in [0.1, 0.15) is 49.0 Å². The normalized spacial score (nSPS) is 15.8. The highest BCUT2D eigenvalue weighted by molar-refractivity contribution is 5.97. The van der Waals surface area contributed by atoms with E-state index in [0.717, 1.165) is 57.4 Å². The van der Waals surface area contributed by atoms with E-state index in [1.165, 1.54) is 5.56 Å². The molecule has 0 atom stereocenters. The van der Waals surface area contributed by atoms with Crippen molar-refractivity contribution < 1.29 is 4.79 Å². The van der Waals surface area contributed by atoms with Crippen molar-refractivity contribution in [3.05, 3.63) is 23.5 Å². The number of fused-ring (bicyclic) bond motifs is 1. The summed E-state index contributed by atoms with van der Waals surface area (Å²) in [5.41, 5.74) is 2.24. The fourth-order valence-electron chi connectivity index (χ4n) is 2.67. The molecule has 0 spiro atoms. The van der Waals surface area contributed by atoms with E-state index in [2.05, 4.69) is 35.7 Å². The minimum atomic E-state index is 0.337. The first kappa shape index (κ1) is 13.3. The second-order valence-corrected chi connectivity index (χ2v) is 5.09. The molecule has 3 nitrogen and oxygen atoms in total. The van der Waals surface area contributed by atoms with Gasteiger partial charge in [-0.05, 0) is 37.9 Å². The summed E-state index contributed by atoms with van der Waals surface area (Å²) < 4.78 is 2.20. The Kier molecular flexibility index (Phi) is 4.59. The minimum absolute atomic E-state index is 0.337. The highest BCUT2D eigenvalue weighted by Gasteiger charge is 2.17. The molecule has 1 aromatic rings. The van der Waals surface area contributed by atoms with Gasteiger partial charge in [0.2, 0.25) is 0 Å². The Bertz CT molecular complexity index is 405. The predicted molar refractivity (Wildman–Crippen MR) is 74.1 cm³/mol. The third-order valence-corrected chi connectivity index (χ3v) is 3.93.